The third-order valence-corrected chi connectivity index (χ3v) is 4.47. The summed E-state index contributed by atoms with van der Waals surface area (Å²) in [5.74, 6) is 1.29. The summed E-state index contributed by atoms with van der Waals surface area (Å²) in [7, 11) is 1.37. The maximum absolute atomic E-state index is 11.7. The van der Waals surface area contributed by atoms with Gasteiger partial charge in [0.25, 0.3) is 0 Å². The number of ether oxygens (including phenoxy) is 2. The molecule has 0 unspecified atom stereocenters. The molecule has 0 atom stereocenters. The second-order valence-electron chi connectivity index (χ2n) is 6.51. The molecule has 0 spiro atoms. The number of methoxy groups -OCH3 is 1. The van der Waals surface area contributed by atoms with Crippen molar-refractivity contribution in [3.63, 3.8) is 0 Å². The molecule has 0 aliphatic heterocycles. The fourth-order valence-corrected chi connectivity index (χ4v) is 3.07. The highest BCUT2D eigenvalue weighted by molar-refractivity contribution is 5.93. The minimum Gasteiger partial charge on any atom is -0.489 e. The minimum atomic E-state index is -0.366. The van der Waals surface area contributed by atoms with Crippen LogP contribution in [0.15, 0.2) is 72.8 Å². The summed E-state index contributed by atoms with van der Waals surface area (Å²) < 4.78 is 10.7. The molecule has 5 nitrogen and oxygen atoms in total. The number of aromatic nitrogens is 2. The van der Waals surface area contributed by atoms with Gasteiger partial charge in [-0.3, -0.25) is 0 Å². The van der Waals surface area contributed by atoms with E-state index in [0.29, 0.717) is 18.6 Å². The largest absolute Gasteiger partial charge is 0.489 e. The van der Waals surface area contributed by atoms with Gasteiger partial charge >= 0.3 is 5.97 Å². The van der Waals surface area contributed by atoms with Crippen molar-refractivity contribution >= 4 is 17.0 Å². The Hall–Kier alpha value is -3.60. The van der Waals surface area contributed by atoms with Crippen LogP contribution in [0.2, 0.25) is 0 Å². The fourth-order valence-electron chi connectivity index (χ4n) is 3.07. The molecule has 28 heavy (non-hydrogen) atoms. The monoisotopic (exact) mass is 372 g/mol. The molecule has 0 saturated heterocycles. The van der Waals surface area contributed by atoms with Crippen LogP contribution >= 0.6 is 0 Å². The zero-order chi connectivity index (χ0) is 19.3. The van der Waals surface area contributed by atoms with E-state index in [-0.39, 0.29) is 5.97 Å². The fraction of sp³-hybridized carbons (Fsp3) is 0.130. The first-order valence-corrected chi connectivity index (χ1v) is 9.04. The number of benzene rings is 3. The Bertz CT molecular complexity index is 1100. The first-order valence-electron chi connectivity index (χ1n) is 9.04. The van der Waals surface area contributed by atoms with E-state index in [2.05, 4.69) is 9.97 Å². The first kappa shape index (κ1) is 17.8. The van der Waals surface area contributed by atoms with Gasteiger partial charge in [0.1, 0.15) is 18.2 Å². The van der Waals surface area contributed by atoms with Crippen molar-refractivity contribution in [2.45, 2.75) is 13.0 Å². The Labute approximate surface area is 163 Å². The van der Waals surface area contributed by atoms with Crippen LogP contribution in [0.25, 0.3) is 11.0 Å². The van der Waals surface area contributed by atoms with Crippen molar-refractivity contribution < 1.29 is 14.3 Å². The average Bonchev–Trinajstić information content (AvgIpc) is 3.14. The van der Waals surface area contributed by atoms with Gasteiger partial charge in [0.05, 0.1) is 23.7 Å². The van der Waals surface area contributed by atoms with E-state index in [4.69, 9.17) is 9.47 Å². The third kappa shape index (κ3) is 4.04. The molecular weight excluding hydrogens is 352 g/mol. The van der Waals surface area contributed by atoms with Gasteiger partial charge in [-0.05, 0) is 41.5 Å². The number of H-pyrrole nitrogens is 1. The van der Waals surface area contributed by atoms with Gasteiger partial charge in [0.15, 0.2) is 0 Å². The van der Waals surface area contributed by atoms with Gasteiger partial charge in [-0.25, -0.2) is 9.78 Å². The van der Waals surface area contributed by atoms with Crippen molar-refractivity contribution in [3.05, 3.63) is 95.3 Å². The summed E-state index contributed by atoms with van der Waals surface area (Å²) in [5.41, 5.74) is 4.35. The van der Waals surface area contributed by atoms with Crippen molar-refractivity contribution in [3.8, 4) is 5.75 Å². The van der Waals surface area contributed by atoms with Gasteiger partial charge in [-0.1, -0.05) is 42.5 Å². The van der Waals surface area contributed by atoms with Crippen molar-refractivity contribution in [1.29, 1.82) is 0 Å². The van der Waals surface area contributed by atoms with Gasteiger partial charge in [-0.15, -0.1) is 0 Å². The lowest BCUT2D eigenvalue weighted by Crippen LogP contribution is -2.00. The number of hydrogen-bond donors (Lipinski definition) is 1. The number of aromatic amines is 1. The molecule has 0 saturated carbocycles. The van der Waals surface area contributed by atoms with E-state index < -0.39 is 0 Å². The topological polar surface area (TPSA) is 64.2 Å². The summed E-state index contributed by atoms with van der Waals surface area (Å²) in [6, 6.07) is 23.4. The number of nitrogens with zero attached hydrogens (tertiary/aromatic N) is 1. The van der Waals surface area contributed by atoms with Crippen molar-refractivity contribution in [2.75, 3.05) is 7.11 Å². The molecule has 1 aromatic heterocycles. The average molecular weight is 372 g/mol. The normalized spacial score (nSPS) is 10.8. The Kier molecular flexibility index (Phi) is 5.06. The number of carbonyl (C=O) groups excluding carboxylic acids is 1. The van der Waals surface area contributed by atoms with Crippen LogP contribution < -0.4 is 4.74 Å². The summed E-state index contributed by atoms with van der Waals surface area (Å²) in [4.78, 5) is 19.6. The molecule has 0 aliphatic rings. The lowest BCUT2D eigenvalue weighted by Gasteiger charge is -2.07. The third-order valence-electron chi connectivity index (χ3n) is 4.47. The molecule has 0 bridgehead atoms. The first-order chi connectivity index (χ1) is 13.7. The zero-order valence-corrected chi connectivity index (χ0v) is 15.5. The van der Waals surface area contributed by atoms with Gasteiger partial charge in [0.2, 0.25) is 0 Å². The van der Waals surface area contributed by atoms with Crippen molar-refractivity contribution in [2.24, 2.45) is 0 Å². The highest BCUT2D eigenvalue weighted by Gasteiger charge is 2.10. The maximum atomic E-state index is 11.7. The predicted octanol–water partition coefficient (Wildman–Crippen LogP) is 4.52. The van der Waals surface area contributed by atoms with Crippen LogP contribution in [0, 0.1) is 0 Å². The van der Waals surface area contributed by atoms with Crippen LogP contribution in [0.5, 0.6) is 5.75 Å². The van der Waals surface area contributed by atoms with Crippen molar-refractivity contribution in [1.82, 2.24) is 9.97 Å². The number of fused-ring (bicyclic) bond motifs is 1. The second kappa shape index (κ2) is 7.96. The molecule has 3 aromatic carbocycles. The molecule has 0 fully saturated rings. The van der Waals surface area contributed by atoms with E-state index >= 15 is 0 Å². The van der Waals surface area contributed by atoms with Gasteiger partial charge in [-0.2, -0.15) is 0 Å². The van der Waals surface area contributed by atoms with Gasteiger partial charge < -0.3 is 14.5 Å². The van der Waals surface area contributed by atoms with E-state index in [0.717, 1.165) is 33.7 Å². The number of esters is 1. The number of nitrogens with one attached hydrogen (secondary N) is 1. The van der Waals surface area contributed by atoms with Gasteiger partial charge in [0, 0.05) is 6.42 Å². The zero-order valence-electron chi connectivity index (χ0n) is 15.5. The summed E-state index contributed by atoms with van der Waals surface area (Å²) in [6.45, 7) is 0.533. The van der Waals surface area contributed by atoms with E-state index in [1.807, 2.05) is 60.7 Å². The lowest BCUT2D eigenvalue weighted by atomic mass is 10.1. The molecule has 4 rings (SSSR count). The second-order valence-corrected chi connectivity index (χ2v) is 6.51. The molecule has 0 aliphatic carbocycles. The maximum Gasteiger partial charge on any atom is 0.337 e. The summed E-state index contributed by atoms with van der Waals surface area (Å²) >= 11 is 0. The quantitative estimate of drug-likeness (QED) is 0.506. The molecule has 0 radical (unpaired) electrons. The van der Waals surface area contributed by atoms with Crippen LogP contribution in [0.1, 0.15) is 27.3 Å². The van der Waals surface area contributed by atoms with E-state index in [9.17, 15) is 4.79 Å². The molecule has 5 heteroatoms. The van der Waals surface area contributed by atoms with Crippen LogP contribution in [0.4, 0.5) is 0 Å². The minimum absolute atomic E-state index is 0.366. The SMILES string of the molecule is COC(=O)c1ccc2[nH]c(Cc3cccc(OCc4ccccc4)c3)nc2c1. The van der Waals surface area contributed by atoms with Crippen LogP contribution in [-0.2, 0) is 17.8 Å². The molecule has 0 amide bonds. The summed E-state index contributed by atoms with van der Waals surface area (Å²) in [6.07, 6.45) is 0.644. The lowest BCUT2D eigenvalue weighted by molar-refractivity contribution is 0.0601. The molecular formula is C23H20N2O3. The molecule has 1 heterocycles. The Morgan fingerprint density at radius 1 is 0.964 bits per heavy atom. The molecule has 140 valence electrons. The number of imidazole rings is 1. The number of carbonyl (C=O) groups is 1. The van der Waals surface area contributed by atoms with Crippen LogP contribution in [0.3, 0.4) is 0 Å². The predicted molar refractivity (Wildman–Crippen MR) is 107 cm³/mol. The van der Waals surface area contributed by atoms with E-state index in [1.54, 1.807) is 12.1 Å². The number of hydrogen-bond acceptors (Lipinski definition) is 4. The summed E-state index contributed by atoms with van der Waals surface area (Å²) in [5, 5.41) is 0. The molecule has 1 N–H and O–H groups in total. The standard InChI is InChI=1S/C23H20N2O3/c1-27-23(26)18-10-11-20-21(14-18)25-22(24-20)13-17-8-5-9-19(12-17)28-15-16-6-3-2-4-7-16/h2-12,14H,13,15H2,1H3,(H,24,25). The molecule has 4 aromatic rings. The Morgan fingerprint density at radius 3 is 2.61 bits per heavy atom. The highest BCUT2D eigenvalue weighted by atomic mass is 16.5. The Morgan fingerprint density at radius 2 is 1.79 bits per heavy atom. The smallest absolute Gasteiger partial charge is 0.337 e. The highest BCUT2D eigenvalue weighted by Crippen LogP contribution is 2.20. The van der Waals surface area contributed by atoms with E-state index in [1.165, 1.54) is 7.11 Å². The Balaban J connectivity index is 1.48. The van der Waals surface area contributed by atoms with Crippen LogP contribution in [-0.4, -0.2) is 23.0 Å². The number of rotatable bonds is 6.